The lowest BCUT2D eigenvalue weighted by atomic mass is 9.81. The van der Waals surface area contributed by atoms with Gasteiger partial charge in [0, 0.05) is 51.1 Å². The van der Waals surface area contributed by atoms with Gasteiger partial charge in [0.25, 0.3) is 0 Å². The second-order valence-electron chi connectivity index (χ2n) is 8.01. The summed E-state index contributed by atoms with van der Waals surface area (Å²) in [5.74, 6) is 1.52. The van der Waals surface area contributed by atoms with Crippen LogP contribution in [0.15, 0.2) is 24.4 Å². The van der Waals surface area contributed by atoms with Gasteiger partial charge in [0.1, 0.15) is 0 Å². The summed E-state index contributed by atoms with van der Waals surface area (Å²) < 4.78 is 11.7. The first-order valence-electron chi connectivity index (χ1n) is 9.62. The third-order valence-electron chi connectivity index (χ3n) is 6.31. The third kappa shape index (κ3) is 3.66. The molecule has 0 aromatic carbocycles. The molecule has 0 radical (unpaired) electrons. The van der Waals surface area contributed by atoms with E-state index in [4.69, 9.17) is 9.47 Å². The lowest BCUT2D eigenvalue weighted by molar-refractivity contribution is -0.0127. The molecule has 3 fully saturated rings. The van der Waals surface area contributed by atoms with E-state index in [-0.39, 0.29) is 0 Å². The highest BCUT2D eigenvalue weighted by Gasteiger charge is 2.49. The lowest BCUT2D eigenvalue weighted by Gasteiger charge is -2.30. The van der Waals surface area contributed by atoms with E-state index in [0.717, 1.165) is 38.9 Å². The van der Waals surface area contributed by atoms with Crippen LogP contribution < -0.4 is 0 Å². The fraction of sp³-hybridized carbons (Fsp3) is 0.750. The van der Waals surface area contributed by atoms with Crippen LogP contribution in [0.2, 0.25) is 0 Å². The fourth-order valence-electron chi connectivity index (χ4n) is 4.94. The summed E-state index contributed by atoms with van der Waals surface area (Å²) in [6.07, 6.45) is 8.33. The summed E-state index contributed by atoms with van der Waals surface area (Å²) in [6, 6.07) is 6.22. The number of fused-ring (bicyclic) bond motifs is 1. The van der Waals surface area contributed by atoms with Crippen LogP contribution in [0.1, 0.15) is 37.8 Å². The van der Waals surface area contributed by atoms with Gasteiger partial charge in [0.15, 0.2) is 0 Å². The molecule has 3 heterocycles. The first-order valence-corrected chi connectivity index (χ1v) is 9.62. The van der Waals surface area contributed by atoms with Gasteiger partial charge in [-0.3, -0.25) is 9.88 Å². The average molecular weight is 330 g/mol. The number of aromatic nitrogens is 1. The largest absolute Gasteiger partial charge is 0.381 e. The minimum atomic E-state index is 0.403. The van der Waals surface area contributed by atoms with Gasteiger partial charge in [-0.25, -0.2) is 0 Å². The molecular formula is C20H30N2O2. The van der Waals surface area contributed by atoms with Crippen molar-refractivity contribution < 1.29 is 9.47 Å². The van der Waals surface area contributed by atoms with Gasteiger partial charge in [0.05, 0.1) is 12.3 Å². The van der Waals surface area contributed by atoms with E-state index < -0.39 is 0 Å². The molecular weight excluding hydrogens is 300 g/mol. The molecule has 1 aliphatic carbocycles. The van der Waals surface area contributed by atoms with Crippen LogP contribution in [0.4, 0.5) is 0 Å². The Morgan fingerprint density at radius 2 is 2.17 bits per heavy atom. The SMILES string of the molecule is c1ccc(CN2C[C@H]3CCC[C@@]3(COCC3CCOCC3)C2)nc1. The predicted molar refractivity (Wildman–Crippen MR) is 93.7 cm³/mol. The Bertz CT molecular complexity index is 518. The van der Waals surface area contributed by atoms with Gasteiger partial charge in [-0.2, -0.15) is 0 Å². The Hall–Kier alpha value is -0.970. The molecule has 2 saturated heterocycles. The zero-order valence-corrected chi connectivity index (χ0v) is 14.7. The molecule has 24 heavy (non-hydrogen) atoms. The van der Waals surface area contributed by atoms with E-state index >= 15 is 0 Å². The fourth-order valence-corrected chi connectivity index (χ4v) is 4.94. The molecule has 4 heteroatoms. The molecule has 4 rings (SSSR count). The van der Waals surface area contributed by atoms with Crippen molar-refractivity contribution >= 4 is 0 Å². The molecule has 2 atom stereocenters. The van der Waals surface area contributed by atoms with Crippen LogP contribution in [0.3, 0.4) is 0 Å². The van der Waals surface area contributed by atoms with Crippen LogP contribution >= 0.6 is 0 Å². The number of rotatable bonds is 6. The van der Waals surface area contributed by atoms with Crippen molar-refractivity contribution in [2.24, 2.45) is 17.3 Å². The standard InChI is InChI=1S/C20H30N2O2/c1-2-9-21-19(5-1)13-22-12-18-4-3-8-20(18,15-22)16-24-14-17-6-10-23-11-7-17/h1-2,5,9,17-18H,3-4,6-8,10-16H2/t18-,20+/m1/s1. The molecule has 0 unspecified atom stereocenters. The van der Waals surface area contributed by atoms with Crippen LogP contribution in [-0.4, -0.2) is 49.4 Å². The quantitative estimate of drug-likeness (QED) is 0.803. The maximum Gasteiger partial charge on any atom is 0.0543 e. The summed E-state index contributed by atoms with van der Waals surface area (Å²) in [5.41, 5.74) is 1.59. The zero-order valence-electron chi connectivity index (χ0n) is 14.7. The van der Waals surface area contributed by atoms with Crippen LogP contribution in [0, 0.1) is 17.3 Å². The van der Waals surface area contributed by atoms with Crippen molar-refractivity contribution in [1.29, 1.82) is 0 Å². The molecule has 2 aliphatic heterocycles. The smallest absolute Gasteiger partial charge is 0.0543 e. The molecule has 1 aromatic heterocycles. The van der Waals surface area contributed by atoms with Gasteiger partial charge in [0.2, 0.25) is 0 Å². The molecule has 0 spiro atoms. The predicted octanol–water partition coefficient (Wildman–Crippen LogP) is 3.13. The summed E-state index contributed by atoms with van der Waals surface area (Å²) in [7, 11) is 0. The van der Waals surface area contributed by atoms with Gasteiger partial charge in [-0.15, -0.1) is 0 Å². The Kier molecular flexibility index (Phi) is 5.16. The maximum atomic E-state index is 6.26. The molecule has 4 nitrogen and oxygen atoms in total. The van der Waals surface area contributed by atoms with Crippen molar-refractivity contribution in [1.82, 2.24) is 9.88 Å². The molecule has 1 aromatic rings. The number of pyridine rings is 1. The first-order chi connectivity index (χ1) is 11.8. The number of hydrogen-bond donors (Lipinski definition) is 0. The van der Waals surface area contributed by atoms with E-state index in [1.54, 1.807) is 0 Å². The summed E-state index contributed by atoms with van der Waals surface area (Å²) >= 11 is 0. The van der Waals surface area contributed by atoms with E-state index in [1.807, 2.05) is 12.3 Å². The Labute approximate surface area is 145 Å². The van der Waals surface area contributed by atoms with Gasteiger partial charge in [-0.1, -0.05) is 12.5 Å². The minimum absolute atomic E-state index is 0.403. The molecule has 0 amide bonds. The monoisotopic (exact) mass is 330 g/mol. The number of hydrogen-bond acceptors (Lipinski definition) is 4. The second-order valence-corrected chi connectivity index (χ2v) is 8.01. The molecule has 0 N–H and O–H groups in total. The van der Waals surface area contributed by atoms with E-state index in [9.17, 15) is 0 Å². The number of nitrogens with zero attached hydrogens (tertiary/aromatic N) is 2. The Balaban J connectivity index is 1.31. The highest BCUT2D eigenvalue weighted by Crippen LogP contribution is 2.49. The molecule has 0 bridgehead atoms. The van der Waals surface area contributed by atoms with Crippen molar-refractivity contribution in [3.05, 3.63) is 30.1 Å². The van der Waals surface area contributed by atoms with Crippen LogP contribution in [0.5, 0.6) is 0 Å². The number of ether oxygens (including phenoxy) is 2. The Morgan fingerprint density at radius 3 is 3.00 bits per heavy atom. The zero-order chi connectivity index (χ0) is 16.2. The van der Waals surface area contributed by atoms with Crippen molar-refractivity contribution in [2.75, 3.05) is 39.5 Å². The first kappa shape index (κ1) is 16.5. The van der Waals surface area contributed by atoms with Gasteiger partial charge < -0.3 is 9.47 Å². The van der Waals surface area contributed by atoms with Crippen molar-refractivity contribution in [3.63, 3.8) is 0 Å². The maximum absolute atomic E-state index is 6.26. The second kappa shape index (κ2) is 7.51. The summed E-state index contributed by atoms with van der Waals surface area (Å²) in [5, 5.41) is 0. The lowest BCUT2D eigenvalue weighted by Crippen LogP contribution is -2.33. The normalized spacial score (nSPS) is 31.4. The summed E-state index contributed by atoms with van der Waals surface area (Å²) in [6.45, 7) is 7.10. The topological polar surface area (TPSA) is 34.6 Å². The van der Waals surface area contributed by atoms with Gasteiger partial charge >= 0.3 is 0 Å². The van der Waals surface area contributed by atoms with E-state index in [1.165, 1.54) is 50.9 Å². The van der Waals surface area contributed by atoms with Crippen LogP contribution in [-0.2, 0) is 16.0 Å². The highest BCUT2D eigenvalue weighted by atomic mass is 16.5. The van der Waals surface area contributed by atoms with E-state index in [0.29, 0.717) is 11.3 Å². The molecule has 132 valence electrons. The van der Waals surface area contributed by atoms with E-state index in [2.05, 4.69) is 22.0 Å². The van der Waals surface area contributed by atoms with Crippen LogP contribution in [0.25, 0.3) is 0 Å². The average Bonchev–Trinajstić information content (AvgIpc) is 3.13. The minimum Gasteiger partial charge on any atom is -0.381 e. The highest BCUT2D eigenvalue weighted by molar-refractivity contribution is 5.06. The molecule has 1 saturated carbocycles. The van der Waals surface area contributed by atoms with Crippen molar-refractivity contribution in [3.8, 4) is 0 Å². The Morgan fingerprint density at radius 1 is 1.25 bits per heavy atom. The van der Waals surface area contributed by atoms with Crippen molar-refractivity contribution in [2.45, 2.75) is 38.6 Å². The third-order valence-corrected chi connectivity index (χ3v) is 6.31. The van der Waals surface area contributed by atoms with Gasteiger partial charge in [-0.05, 0) is 49.7 Å². The molecule has 3 aliphatic rings. The summed E-state index contributed by atoms with van der Waals surface area (Å²) in [4.78, 5) is 7.10. The number of likely N-dealkylation sites (tertiary alicyclic amines) is 1.